The summed E-state index contributed by atoms with van der Waals surface area (Å²) in [5.74, 6) is -3.59. The van der Waals surface area contributed by atoms with E-state index in [2.05, 4.69) is 6.58 Å². The zero-order valence-electron chi connectivity index (χ0n) is 15.6. The van der Waals surface area contributed by atoms with E-state index < -0.39 is 42.1 Å². The average Bonchev–Trinajstić information content (AvgIpc) is 2.88. The predicted octanol–water partition coefficient (Wildman–Crippen LogP) is 2.07. The number of aliphatic hydroxyl groups excluding tert-OH is 1. The van der Waals surface area contributed by atoms with Gasteiger partial charge in [0, 0.05) is 11.1 Å². The number of carboxylic acid groups (broad SMARTS) is 1. The van der Waals surface area contributed by atoms with Crippen LogP contribution in [-0.2, 0) is 23.9 Å². The number of carbonyl (C=O) groups excluding carboxylic acids is 2. The highest BCUT2D eigenvalue weighted by molar-refractivity contribution is 5.92. The topological polar surface area (TPSA) is 110 Å². The van der Waals surface area contributed by atoms with Crippen LogP contribution in [0.3, 0.4) is 0 Å². The smallest absolute Gasteiger partial charge is 0.334 e. The van der Waals surface area contributed by atoms with E-state index in [0.29, 0.717) is 18.4 Å². The molecule has 0 radical (unpaired) electrons. The van der Waals surface area contributed by atoms with E-state index in [1.165, 1.54) is 19.1 Å². The Morgan fingerprint density at radius 1 is 1.41 bits per heavy atom. The number of allylic oxidation sites excluding steroid dienone is 3. The van der Waals surface area contributed by atoms with Gasteiger partial charge in [-0.3, -0.25) is 0 Å². The molecule has 0 aromatic carbocycles. The molecule has 0 bridgehead atoms. The summed E-state index contributed by atoms with van der Waals surface area (Å²) in [5.41, 5.74) is 0.926. The number of fused-ring (bicyclic) bond motifs is 1. The second kappa shape index (κ2) is 8.35. The molecule has 7 heteroatoms. The minimum absolute atomic E-state index is 0.0318. The lowest BCUT2D eigenvalue weighted by Crippen LogP contribution is -2.44. The van der Waals surface area contributed by atoms with E-state index in [0.717, 1.165) is 5.57 Å². The van der Waals surface area contributed by atoms with Crippen LogP contribution in [0.5, 0.6) is 0 Å². The number of hydrogen-bond donors (Lipinski definition) is 2. The third-order valence-electron chi connectivity index (χ3n) is 4.84. The fourth-order valence-corrected chi connectivity index (χ4v) is 3.13. The van der Waals surface area contributed by atoms with Crippen LogP contribution < -0.4 is 0 Å². The van der Waals surface area contributed by atoms with Crippen molar-refractivity contribution in [2.75, 3.05) is 0 Å². The number of hydrogen-bond acceptors (Lipinski definition) is 6. The zero-order valence-corrected chi connectivity index (χ0v) is 15.6. The lowest BCUT2D eigenvalue weighted by atomic mass is 9.83. The van der Waals surface area contributed by atoms with Gasteiger partial charge < -0.3 is 19.7 Å². The standard InChI is InChI=1S/C20H24O7/c1-5-11(3)19(24)27-17-15-12(4)20(25)26-14(15)9-10(2)7-6-8-13(16(17)21)18(22)23/h5,8-9,14-17,21H,4,6-7H2,1-3H3,(H,22,23). The van der Waals surface area contributed by atoms with E-state index in [1.54, 1.807) is 13.0 Å². The molecule has 0 saturated carbocycles. The number of rotatable bonds is 3. The Kier molecular flexibility index (Phi) is 6.38. The Balaban J connectivity index is 2.56. The van der Waals surface area contributed by atoms with Crippen molar-refractivity contribution in [1.29, 1.82) is 0 Å². The molecule has 27 heavy (non-hydrogen) atoms. The van der Waals surface area contributed by atoms with Crippen molar-refractivity contribution in [3.63, 3.8) is 0 Å². The molecule has 0 aromatic rings. The first-order valence-corrected chi connectivity index (χ1v) is 8.69. The van der Waals surface area contributed by atoms with Crippen LogP contribution in [0.4, 0.5) is 0 Å². The number of carboxylic acids is 1. The molecular weight excluding hydrogens is 352 g/mol. The molecule has 1 fully saturated rings. The van der Waals surface area contributed by atoms with Crippen LogP contribution in [0.2, 0.25) is 0 Å². The van der Waals surface area contributed by atoms with Crippen LogP contribution in [0.25, 0.3) is 0 Å². The maximum atomic E-state index is 12.3. The number of aliphatic hydroxyl groups is 1. The summed E-state index contributed by atoms with van der Waals surface area (Å²) in [5, 5.41) is 20.3. The highest BCUT2D eigenvalue weighted by Gasteiger charge is 2.48. The number of ether oxygens (including phenoxy) is 2. The molecule has 0 spiro atoms. The molecule has 1 aliphatic heterocycles. The average molecular weight is 376 g/mol. The van der Waals surface area contributed by atoms with Crippen molar-refractivity contribution in [3.8, 4) is 0 Å². The highest BCUT2D eigenvalue weighted by Crippen LogP contribution is 2.36. The second-order valence-electron chi connectivity index (χ2n) is 6.72. The molecule has 0 amide bonds. The van der Waals surface area contributed by atoms with E-state index in [1.807, 2.05) is 6.92 Å². The fraction of sp³-hybridized carbons (Fsp3) is 0.450. The molecule has 7 nitrogen and oxygen atoms in total. The maximum absolute atomic E-state index is 12.3. The van der Waals surface area contributed by atoms with Crippen LogP contribution in [0, 0.1) is 5.92 Å². The Bertz CT molecular complexity index is 756. The molecule has 1 heterocycles. The van der Waals surface area contributed by atoms with E-state index in [4.69, 9.17) is 9.47 Å². The molecule has 2 N–H and O–H groups in total. The molecule has 4 atom stereocenters. The molecular formula is C20H24O7. The van der Waals surface area contributed by atoms with Crippen LogP contribution in [0.1, 0.15) is 33.6 Å². The van der Waals surface area contributed by atoms with E-state index in [-0.39, 0.29) is 11.1 Å². The van der Waals surface area contributed by atoms with Crippen molar-refractivity contribution in [1.82, 2.24) is 0 Å². The van der Waals surface area contributed by atoms with Gasteiger partial charge in [0.15, 0.2) is 0 Å². The van der Waals surface area contributed by atoms with Crippen LogP contribution >= 0.6 is 0 Å². The molecule has 1 aliphatic carbocycles. The highest BCUT2D eigenvalue weighted by atomic mass is 16.6. The Morgan fingerprint density at radius 3 is 2.67 bits per heavy atom. The van der Waals surface area contributed by atoms with Gasteiger partial charge in [-0.05, 0) is 39.7 Å². The first-order chi connectivity index (χ1) is 12.7. The lowest BCUT2D eigenvalue weighted by Gasteiger charge is -2.31. The lowest BCUT2D eigenvalue weighted by molar-refractivity contribution is -0.155. The molecule has 4 unspecified atom stereocenters. The molecule has 0 aromatic heterocycles. The number of carbonyl (C=O) groups is 3. The van der Waals surface area contributed by atoms with Gasteiger partial charge >= 0.3 is 17.9 Å². The second-order valence-corrected chi connectivity index (χ2v) is 6.72. The summed E-state index contributed by atoms with van der Waals surface area (Å²) >= 11 is 0. The van der Waals surface area contributed by atoms with E-state index in [9.17, 15) is 24.6 Å². The van der Waals surface area contributed by atoms with Gasteiger partial charge in [0.2, 0.25) is 0 Å². The monoisotopic (exact) mass is 376 g/mol. The van der Waals surface area contributed by atoms with Crippen LogP contribution in [-0.4, -0.2) is 46.4 Å². The summed E-state index contributed by atoms with van der Waals surface area (Å²) < 4.78 is 10.8. The zero-order chi connectivity index (χ0) is 20.3. The van der Waals surface area contributed by atoms with Gasteiger partial charge in [0.25, 0.3) is 0 Å². The predicted molar refractivity (Wildman–Crippen MR) is 96.5 cm³/mol. The van der Waals surface area contributed by atoms with Crippen LogP contribution in [0.15, 0.2) is 47.1 Å². The Labute approximate surface area is 157 Å². The SMILES string of the molecule is C=C1C(=O)OC2C=C(C)CCC=C(C(=O)O)C(O)C(OC(=O)C(C)=CC)C12. The Morgan fingerprint density at radius 2 is 2.07 bits per heavy atom. The summed E-state index contributed by atoms with van der Waals surface area (Å²) in [4.78, 5) is 36.0. The molecule has 1 saturated heterocycles. The molecule has 146 valence electrons. The summed E-state index contributed by atoms with van der Waals surface area (Å²) in [7, 11) is 0. The van der Waals surface area contributed by atoms with Crippen molar-refractivity contribution < 1.29 is 34.1 Å². The van der Waals surface area contributed by atoms with Gasteiger partial charge in [0.05, 0.1) is 11.5 Å². The van der Waals surface area contributed by atoms with Gasteiger partial charge in [-0.15, -0.1) is 0 Å². The minimum Gasteiger partial charge on any atom is -0.478 e. The third-order valence-corrected chi connectivity index (χ3v) is 4.84. The fourth-order valence-electron chi connectivity index (χ4n) is 3.13. The van der Waals surface area contributed by atoms with Gasteiger partial charge in [0.1, 0.15) is 18.3 Å². The van der Waals surface area contributed by atoms with Crippen molar-refractivity contribution in [2.24, 2.45) is 5.92 Å². The van der Waals surface area contributed by atoms with E-state index >= 15 is 0 Å². The summed E-state index contributed by atoms with van der Waals surface area (Å²) in [6.45, 7) is 8.74. The number of esters is 2. The number of aliphatic carboxylic acids is 1. The quantitative estimate of drug-likeness (QED) is 0.441. The molecule has 2 aliphatic rings. The van der Waals surface area contributed by atoms with Gasteiger partial charge in [-0.25, -0.2) is 14.4 Å². The van der Waals surface area contributed by atoms with Crippen molar-refractivity contribution >= 4 is 17.9 Å². The largest absolute Gasteiger partial charge is 0.478 e. The van der Waals surface area contributed by atoms with Gasteiger partial charge in [-0.1, -0.05) is 24.3 Å². The summed E-state index contributed by atoms with van der Waals surface area (Å²) in [6.07, 6.45) is 1.83. The first kappa shape index (κ1) is 20.6. The Hall–Kier alpha value is -2.67. The first-order valence-electron chi connectivity index (χ1n) is 8.69. The minimum atomic E-state index is -1.64. The van der Waals surface area contributed by atoms with Crippen molar-refractivity contribution in [3.05, 3.63) is 47.1 Å². The van der Waals surface area contributed by atoms with Gasteiger partial charge in [-0.2, -0.15) is 0 Å². The third kappa shape index (κ3) is 4.36. The molecule has 2 rings (SSSR count). The van der Waals surface area contributed by atoms with Crippen molar-refractivity contribution in [2.45, 2.75) is 51.9 Å². The maximum Gasteiger partial charge on any atom is 0.334 e. The normalized spacial score (nSPS) is 29.3. The summed E-state index contributed by atoms with van der Waals surface area (Å²) in [6, 6.07) is 0.